The third-order valence-corrected chi connectivity index (χ3v) is 9.87. The van der Waals surface area contributed by atoms with Crippen LogP contribution in [0.15, 0.2) is 48.6 Å². The molecular formula is C49H86O6. The summed E-state index contributed by atoms with van der Waals surface area (Å²) in [7, 11) is 0. The molecule has 6 heteroatoms. The van der Waals surface area contributed by atoms with Crippen molar-refractivity contribution in [1.29, 1.82) is 0 Å². The maximum absolute atomic E-state index is 12.7. The summed E-state index contributed by atoms with van der Waals surface area (Å²) >= 11 is 0. The molecule has 0 aliphatic rings. The van der Waals surface area contributed by atoms with E-state index < -0.39 is 6.10 Å². The third kappa shape index (κ3) is 42.4. The van der Waals surface area contributed by atoms with Gasteiger partial charge in [0.1, 0.15) is 13.2 Å². The summed E-state index contributed by atoms with van der Waals surface area (Å²) in [6.07, 6.45) is 51.0. The van der Waals surface area contributed by atoms with Crippen molar-refractivity contribution in [3.8, 4) is 0 Å². The van der Waals surface area contributed by atoms with E-state index in [4.69, 9.17) is 14.2 Å². The van der Waals surface area contributed by atoms with Crippen molar-refractivity contribution >= 4 is 17.9 Å². The smallest absolute Gasteiger partial charge is 0.306 e. The van der Waals surface area contributed by atoms with E-state index in [2.05, 4.69) is 69.4 Å². The van der Waals surface area contributed by atoms with Gasteiger partial charge in [0.25, 0.3) is 0 Å². The molecule has 6 nitrogen and oxygen atoms in total. The summed E-state index contributed by atoms with van der Waals surface area (Å²) in [5.74, 6) is -0.947. The number of ether oxygens (including phenoxy) is 3. The highest BCUT2D eigenvalue weighted by atomic mass is 16.6. The minimum Gasteiger partial charge on any atom is -0.462 e. The second-order valence-corrected chi connectivity index (χ2v) is 15.4. The van der Waals surface area contributed by atoms with Gasteiger partial charge in [-0.15, -0.1) is 0 Å². The van der Waals surface area contributed by atoms with Gasteiger partial charge in [-0.05, 0) is 64.2 Å². The van der Waals surface area contributed by atoms with Crippen molar-refractivity contribution in [2.45, 2.75) is 232 Å². The van der Waals surface area contributed by atoms with E-state index in [0.717, 1.165) is 70.6 Å². The number of esters is 3. The van der Waals surface area contributed by atoms with Crippen LogP contribution in [0.4, 0.5) is 0 Å². The first-order valence-electron chi connectivity index (χ1n) is 23.2. The minimum atomic E-state index is -0.786. The van der Waals surface area contributed by atoms with E-state index in [1.807, 2.05) is 0 Å². The van der Waals surface area contributed by atoms with Crippen LogP contribution in [0, 0.1) is 0 Å². The van der Waals surface area contributed by atoms with Crippen LogP contribution in [0.5, 0.6) is 0 Å². The Bertz CT molecular complexity index is 980. The molecule has 0 aromatic rings. The van der Waals surface area contributed by atoms with Crippen LogP contribution >= 0.6 is 0 Å². The molecule has 0 aliphatic carbocycles. The molecule has 0 fully saturated rings. The molecule has 1 unspecified atom stereocenters. The first kappa shape index (κ1) is 52.4. The molecular weight excluding hydrogens is 685 g/mol. The van der Waals surface area contributed by atoms with Gasteiger partial charge in [-0.2, -0.15) is 0 Å². The zero-order chi connectivity index (χ0) is 40.1. The van der Waals surface area contributed by atoms with Crippen molar-refractivity contribution in [3.05, 3.63) is 48.6 Å². The third-order valence-electron chi connectivity index (χ3n) is 9.87. The Labute approximate surface area is 339 Å². The molecule has 0 spiro atoms. The average Bonchev–Trinajstić information content (AvgIpc) is 3.18. The van der Waals surface area contributed by atoms with Crippen LogP contribution in [0.25, 0.3) is 0 Å². The Morgan fingerprint density at radius 2 is 0.691 bits per heavy atom. The maximum Gasteiger partial charge on any atom is 0.306 e. The predicted molar refractivity (Wildman–Crippen MR) is 233 cm³/mol. The summed E-state index contributed by atoms with van der Waals surface area (Å²) in [5.41, 5.74) is 0. The minimum absolute atomic E-state index is 0.0910. The van der Waals surface area contributed by atoms with Crippen LogP contribution in [0.1, 0.15) is 226 Å². The van der Waals surface area contributed by atoms with Gasteiger partial charge in [0.15, 0.2) is 6.10 Å². The number of hydrogen-bond acceptors (Lipinski definition) is 6. The molecule has 0 aliphatic heterocycles. The molecule has 0 aromatic heterocycles. The zero-order valence-electron chi connectivity index (χ0n) is 36.2. The largest absolute Gasteiger partial charge is 0.462 e. The Morgan fingerprint density at radius 3 is 1.15 bits per heavy atom. The molecule has 0 saturated heterocycles. The van der Waals surface area contributed by atoms with Gasteiger partial charge < -0.3 is 14.2 Å². The lowest BCUT2D eigenvalue weighted by molar-refractivity contribution is -0.167. The Morgan fingerprint density at radius 1 is 0.364 bits per heavy atom. The fourth-order valence-corrected chi connectivity index (χ4v) is 6.33. The summed E-state index contributed by atoms with van der Waals surface area (Å²) in [6.45, 7) is 6.52. The van der Waals surface area contributed by atoms with Crippen molar-refractivity contribution < 1.29 is 28.6 Å². The number of unbranched alkanes of at least 4 members (excludes halogenated alkanes) is 24. The Hall–Kier alpha value is -2.63. The number of hydrogen-bond donors (Lipinski definition) is 0. The zero-order valence-corrected chi connectivity index (χ0v) is 36.2. The van der Waals surface area contributed by atoms with Crippen molar-refractivity contribution in [2.75, 3.05) is 13.2 Å². The number of carbonyl (C=O) groups is 3. The quantitative estimate of drug-likeness (QED) is 0.0202. The highest BCUT2D eigenvalue weighted by Crippen LogP contribution is 2.13. The molecule has 1 atom stereocenters. The predicted octanol–water partition coefficient (Wildman–Crippen LogP) is 14.8. The second-order valence-electron chi connectivity index (χ2n) is 15.4. The van der Waals surface area contributed by atoms with Gasteiger partial charge in [0.05, 0.1) is 0 Å². The van der Waals surface area contributed by atoms with Gasteiger partial charge in [-0.1, -0.05) is 191 Å². The summed E-state index contributed by atoms with van der Waals surface area (Å²) in [4.78, 5) is 37.6. The van der Waals surface area contributed by atoms with Gasteiger partial charge in [-0.25, -0.2) is 0 Å². The molecule has 0 heterocycles. The first-order valence-corrected chi connectivity index (χ1v) is 23.2. The number of carbonyl (C=O) groups excluding carboxylic acids is 3. The molecule has 0 amide bonds. The molecule has 0 aromatic carbocycles. The topological polar surface area (TPSA) is 78.9 Å². The van der Waals surface area contributed by atoms with E-state index in [1.54, 1.807) is 0 Å². The van der Waals surface area contributed by atoms with Gasteiger partial charge >= 0.3 is 17.9 Å². The highest BCUT2D eigenvalue weighted by Gasteiger charge is 2.19. The maximum atomic E-state index is 12.7. The molecule has 55 heavy (non-hydrogen) atoms. The lowest BCUT2D eigenvalue weighted by Crippen LogP contribution is -2.30. The standard InChI is InChI=1S/C49H86O6/c1-4-7-10-13-16-19-21-22-23-24-25-26-27-28-31-33-36-39-42-48(51)54-45-46(44-53-47(50)41-38-35-32-29-18-15-12-9-6-3)55-49(52)43-40-37-34-30-20-17-14-11-8-5-2/h21-26,29,32,46H,4-20,27-28,30-31,33-45H2,1-3H3/b22-21-,24-23-,26-25-,32-29-. The molecule has 0 bridgehead atoms. The van der Waals surface area contributed by atoms with Crippen LogP contribution in [-0.2, 0) is 28.6 Å². The van der Waals surface area contributed by atoms with Gasteiger partial charge in [0.2, 0.25) is 0 Å². The van der Waals surface area contributed by atoms with E-state index in [1.165, 1.54) is 109 Å². The van der Waals surface area contributed by atoms with Crippen LogP contribution in [-0.4, -0.2) is 37.2 Å². The van der Waals surface area contributed by atoms with Crippen LogP contribution in [0.3, 0.4) is 0 Å². The van der Waals surface area contributed by atoms with Crippen LogP contribution < -0.4 is 0 Å². The molecule has 0 saturated carbocycles. The SMILES string of the molecule is CCCCCC/C=C\CCCC(=O)OCC(COC(=O)CCCCCCC\C=C/C=C\C=C/CCCCCCC)OC(=O)CCCCCCCCCCCC. The fraction of sp³-hybridized carbons (Fsp3) is 0.776. The Balaban J connectivity index is 4.36. The van der Waals surface area contributed by atoms with Crippen molar-refractivity contribution in [2.24, 2.45) is 0 Å². The van der Waals surface area contributed by atoms with E-state index >= 15 is 0 Å². The second kappa shape index (κ2) is 44.1. The van der Waals surface area contributed by atoms with Crippen molar-refractivity contribution in [1.82, 2.24) is 0 Å². The molecule has 0 rings (SSSR count). The molecule has 0 radical (unpaired) electrons. The van der Waals surface area contributed by atoms with Gasteiger partial charge in [0, 0.05) is 19.3 Å². The van der Waals surface area contributed by atoms with E-state index in [0.29, 0.717) is 25.7 Å². The normalized spacial score (nSPS) is 12.4. The molecule has 0 N–H and O–H groups in total. The first-order chi connectivity index (χ1) is 27.0. The lowest BCUT2D eigenvalue weighted by atomic mass is 10.1. The summed E-state index contributed by atoms with van der Waals surface area (Å²) < 4.78 is 16.6. The summed E-state index contributed by atoms with van der Waals surface area (Å²) in [6, 6.07) is 0. The number of allylic oxidation sites excluding steroid dienone is 8. The highest BCUT2D eigenvalue weighted by molar-refractivity contribution is 5.71. The number of rotatable bonds is 41. The van der Waals surface area contributed by atoms with E-state index in [-0.39, 0.29) is 31.1 Å². The monoisotopic (exact) mass is 771 g/mol. The average molecular weight is 771 g/mol. The van der Waals surface area contributed by atoms with E-state index in [9.17, 15) is 14.4 Å². The van der Waals surface area contributed by atoms with Crippen LogP contribution in [0.2, 0.25) is 0 Å². The Kier molecular flexibility index (Phi) is 42.0. The molecule has 318 valence electrons. The summed E-state index contributed by atoms with van der Waals surface area (Å²) in [5, 5.41) is 0. The lowest BCUT2D eigenvalue weighted by Gasteiger charge is -2.18. The van der Waals surface area contributed by atoms with Crippen molar-refractivity contribution in [3.63, 3.8) is 0 Å². The fourth-order valence-electron chi connectivity index (χ4n) is 6.33. The van der Waals surface area contributed by atoms with Gasteiger partial charge in [-0.3, -0.25) is 14.4 Å².